The van der Waals surface area contributed by atoms with Gasteiger partial charge in [-0.3, -0.25) is 0 Å². The second-order valence-electron chi connectivity index (χ2n) is 5.46. The van der Waals surface area contributed by atoms with E-state index in [9.17, 15) is 0 Å². The molecule has 1 saturated carbocycles. The first kappa shape index (κ1) is 14.5. The van der Waals surface area contributed by atoms with Crippen LogP contribution < -0.4 is 5.32 Å². The molecule has 1 aromatic rings. The zero-order valence-corrected chi connectivity index (χ0v) is 14.2. The largest absolute Gasteiger partial charge is 0.313 e. The molecule has 1 N–H and O–H groups in total. The molecule has 0 aliphatic heterocycles. The molecule has 1 aliphatic carbocycles. The lowest BCUT2D eigenvalue weighted by Crippen LogP contribution is -2.29. The molecule has 0 amide bonds. The van der Waals surface area contributed by atoms with Crippen LogP contribution in [0.3, 0.4) is 0 Å². The van der Waals surface area contributed by atoms with Gasteiger partial charge in [-0.05, 0) is 49.4 Å². The van der Waals surface area contributed by atoms with Gasteiger partial charge in [-0.15, -0.1) is 0 Å². The molecule has 0 saturated heterocycles. The SMILES string of the molecule is CNC(c1ccc(Br)cc1Br)C1CCCC(C)C1. The summed E-state index contributed by atoms with van der Waals surface area (Å²) >= 11 is 7.22. The van der Waals surface area contributed by atoms with Crippen LogP contribution in [0.1, 0.15) is 44.2 Å². The van der Waals surface area contributed by atoms with E-state index < -0.39 is 0 Å². The van der Waals surface area contributed by atoms with Crippen molar-refractivity contribution in [1.82, 2.24) is 5.32 Å². The van der Waals surface area contributed by atoms with Gasteiger partial charge in [-0.2, -0.15) is 0 Å². The number of rotatable bonds is 3. The van der Waals surface area contributed by atoms with Crippen molar-refractivity contribution in [3.05, 3.63) is 32.7 Å². The summed E-state index contributed by atoms with van der Waals surface area (Å²) in [5.41, 5.74) is 1.39. The lowest BCUT2D eigenvalue weighted by atomic mass is 9.77. The summed E-state index contributed by atoms with van der Waals surface area (Å²) in [4.78, 5) is 0. The van der Waals surface area contributed by atoms with E-state index in [4.69, 9.17) is 0 Å². The Hall–Kier alpha value is 0.140. The van der Waals surface area contributed by atoms with Gasteiger partial charge in [0.15, 0.2) is 0 Å². The van der Waals surface area contributed by atoms with Crippen LogP contribution in [0.4, 0.5) is 0 Å². The van der Waals surface area contributed by atoms with Gasteiger partial charge in [-0.1, -0.05) is 57.7 Å². The molecule has 1 aliphatic rings. The number of hydrogen-bond donors (Lipinski definition) is 1. The number of hydrogen-bond acceptors (Lipinski definition) is 1. The molecule has 1 nitrogen and oxygen atoms in total. The standard InChI is InChI=1S/C15H21Br2N/c1-10-4-3-5-11(8-10)15(18-2)13-7-6-12(16)9-14(13)17/h6-7,9-11,15,18H,3-5,8H2,1-2H3. The van der Waals surface area contributed by atoms with E-state index in [0.29, 0.717) is 6.04 Å². The molecular formula is C15H21Br2N. The zero-order chi connectivity index (χ0) is 13.1. The Morgan fingerprint density at radius 2 is 2.06 bits per heavy atom. The van der Waals surface area contributed by atoms with Gasteiger partial charge in [-0.25, -0.2) is 0 Å². The first-order chi connectivity index (χ1) is 8.61. The lowest BCUT2D eigenvalue weighted by Gasteiger charge is -2.34. The minimum atomic E-state index is 0.468. The fourth-order valence-corrected chi connectivity index (χ4v) is 4.48. The predicted molar refractivity (Wildman–Crippen MR) is 84.8 cm³/mol. The van der Waals surface area contributed by atoms with Crippen molar-refractivity contribution in [2.45, 2.75) is 38.6 Å². The van der Waals surface area contributed by atoms with Crippen LogP contribution in [0.25, 0.3) is 0 Å². The molecule has 100 valence electrons. The van der Waals surface area contributed by atoms with Crippen molar-refractivity contribution in [3.8, 4) is 0 Å². The van der Waals surface area contributed by atoms with E-state index in [-0.39, 0.29) is 0 Å². The molecule has 18 heavy (non-hydrogen) atoms. The third-order valence-electron chi connectivity index (χ3n) is 4.06. The molecular weight excluding hydrogens is 354 g/mol. The van der Waals surface area contributed by atoms with Crippen molar-refractivity contribution < 1.29 is 0 Å². The summed E-state index contributed by atoms with van der Waals surface area (Å²) in [5.74, 6) is 1.63. The van der Waals surface area contributed by atoms with Crippen LogP contribution in [0, 0.1) is 11.8 Å². The van der Waals surface area contributed by atoms with Crippen LogP contribution in [-0.2, 0) is 0 Å². The first-order valence-electron chi connectivity index (χ1n) is 6.74. The lowest BCUT2D eigenvalue weighted by molar-refractivity contribution is 0.229. The summed E-state index contributed by atoms with van der Waals surface area (Å²) in [6.45, 7) is 2.38. The van der Waals surface area contributed by atoms with Gasteiger partial charge in [0.2, 0.25) is 0 Å². The van der Waals surface area contributed by atoms with Crippen molar-refractivity contribution >= 4 is 31.9 Å². The summed E-state index contributed by atoms with van der Waals surface area (Å²) < 4.78 is 2.33. The monoisotopic (exact) mass is 373 g/mol. The van der Waals surface area contributed by atoms with E-state index in [2.05, 4.69) is 69.3 Å². The quantitative estimate of drug-likeness (QED) is 0.756. The molecule has 0 bridgehead atoms. The van der Waals surface area contributed by atoms with E-state index in [1.165, 1.54) is 35.7 Å². The molecule has 2 rings (SSSR count). The number of nitrogens with one attached hydrogen (secondary N) is 1. The maximum atomic E-state index is 3.70. The van der Waals surface area contributed by atoms with Crippen LogP contribution in [-0.4, -0.2) is 7.05 Å². The topological polar surface area (TPSA) is 12.0 Å². The summed E-state index contributed by atoms with van der Waals surface area (Å²) in [7, 11) is 2.08. The van der Waals surface area contributed by atoms with Gasteiger partial charge in [0.1, 0.15) is 0 Å². The third kappa shape index (κ3) is 3.37. The number of benzene rings is 1. The average molecular weight is 375 g/mol. The Labute approximate surface area is 127 Å². The zero-order valence-electron chi connectivity index (χ0n) is 11.0. The fourth-order valence-electron chi connectivity index (χ4n) is 3.18. The molecule has 3 unspecified atom stereocenters. The Morgan fingerprint density at radius 1 is 1.28 bits per heavy atom. The summed E-state index contributed by atoms with van der Waals surface area (Å²) in [6, 6.07) is 6.98. The van der Waals surface area contributed by atoms with E-state index in [1.807, 2.05) is 0 Å². The number of halogens is 2. The molecule has 0 spiro atoms. The fraction of sp³-hybridized carbons (Fsp3) is 0.600. The molecule has 0 radical (unpaired) electrons. The molecule has 0 heterocycles. The highest BCUT2D eigenvalue weighted by atomic mass is 79.9. The molecule has 1 aromatic carbocycles. The second-order valence-corrected chi connectivity index (χ2v) is 7.23. The van der Waals surface area contributed by atoms with E-state index >= 15 is 0 Å². The minimum absolute atomic E-state index is 0.468. The highest BCUT2D eigenvalue weighted by molar-refractivity contribution is 9.11. The van der Waals surface area contributed by atoms with Crippen LogP contribution in [0.5, 0.6) is 0 Å². The van der Waals surface area contributed by atoms with Gasteiger partial charge in [0.25, 0.3) is 0 Å². The molecule has 3 heteroatoms. The van der Waals surface area contributed by atoms with Crippen LogP contribution >= 0.6 is 31.9 Å². The Balaban J connectivity index is 2.21. The average Bonchev–Trinajstić information content (AvgIpc) is 2.33. The van der Waals surface area contributed by atoms with E-state index in [1.54, 1.807) is 0 Å². The molecule has 1 fully saturated rings. The molecule has 0 aromatic heterocycles. The summed E-state index contributed by atoms with van der Waals surface area (Å²) in [5, 5.41) is 3.52. The normalized spacial score (nSPS) is 26.0. The Morgan fingerprint density at radius 3 is 2.67 bits per heavy atom. The van der Waals surface area contributed by atoms with Crippen LogP contribution in [0.15, 0.2) is 27.1 Å². The van der Waals surface area contributed by atoms with Gasteiger partial charge in [0.05, 0.1) is 0 Å². The first-order valence-corrected chi connectivity index (χ1v) is 8.32. The Bertz CT molecular complexity index is 405. The van der Waals surface area contributed by atoms with Crippen molar-refractivity contribution in [1.29, 1.82) is 0 Å². The van der Waals surface area contributed by atoms with E-state index in [0.717, 1.165) is 16.3 Å². The second kappa shape index (κ2) is 6.53. The maximum Gasteiger partial charge on any atom is 0.0357 e. The predicted octanol–water partition coefficient (Wildman–Crippen LogP) is 5.30. The smallest absolute Gasteiger partial charge is 0.0357 e. The van der Waals surface area contributed by atoms with Crippen molar-refractivity contribution in [3.63, 3.8) is 0 Å². The third-order valence-corrected chi connectivity index (χ3v) is 5.24. The van der Waals surface area contributed by atoms with Gasteiger partial charge < -0.3 is 5.32 Å². The summed E-state index contributed by atoms with van der Waals surface area (Å²) in [6.07, 6.45) is 5.46. The minimum Gasteiger partial charge on any atom is -0.313 e. The van der Waals surface area contributed by atoms with Crippen molar-refractivity contribution in [2.24, 2.45) is 11.8 Å². The van der Waals surface area contributed by atoms with Crippen LogP contribution in [0.2, 0.25) is 0 Å². The Kier molecular flexibility index (Phi) is 5.28. The van der Waals surface area contributed by atoms with Crippen molar-refractivity contribution in [2.75, 3.05) is 7.05 Å². The van der Waals surface area contributed by atoms with Gasteiger partial charge >= 0.3 is 0 Å². The maximum absolute atomic E-state index is 3.70. The highest BCUT2D eigenvalue weighted by Gasteiger charge is 2.27. The highest BCUT2D eigenvalue weighted by Crippen LogP contribution is 2.39. The van der Waals surface area contributed by atoms with Gasteiger partial charge in [0, 0.05) is 15.0 Å². The molecule has 3 atom stereocenters.